The molecule has 0 radical (unpaired) electrons. The van der Waals surface area contributed by atoms with Crippen LogP contribution in [0.3, 0.4) is 0 Å². The van der Waals surface area contributed by atoms with Gasteiger partial charge in [0, 0.05) is 17.9 Å². The second kappa shape index (κ2) is 8.80. The van der Waals surface area contributed by atoms with Crippen LogP contribution < -0.4 is 10.6 Å². The Morgan fingerprint density at radius 1 is 1.11 bits per heavy atom. The molecule has 2 aliphatic rings. The van der Waals surface area contributed by atoms with Crippen LogP contribution in [-0.4, -0.2) is 41.6 Å². The third-order valence-electron chi connectivity index (χ3n) is 5.34. The van der Waals surface area contributed by atoms with Crippen molar-refractivity contribution in [1.82, 2.24) is 10.2 Å². The standard InChI is InChI=1S/C22H25N3O2S/c26-21(14-20-22(27)24-17-10-4-5-11-19(17)28-20)23-15-18(25-12-6-7-13-25)16-8-2-1-3-9-16/h1-5,8-11,18,20H,6-7,12-15H2,(H,23,26)(H,24,27). The van der Waals surface area contributed by atoms with Gasteiger partial charge in [-0.2, -0.15) is 0 Å². The molecule has 0 aromatic heterocycles. The summed E-state index contributed by atoms with van der Waals surface area (Å²) < 4.78 is 0. The molecule has 2 heterocycles. The Kier molecular flexibility index (Phi) is 5.98. The second-order valence-electron chi connectivity index (χ2n) is 7.27. The van der Waals surface area contributed by atoms with E-state index >= 15 is 0 Å². The Morgan fingerprint density at radius 2 is 1.82 bits per heavy atom. The highest BCUT2D eigenvalue weighted by molar-refractivity contribution is 8.01. The Morgan fingerprint density at radius 3 is 2.61 bits per heavy atom. The average molecular weight is 396 g/mol. The molecule has 2 unspecified atom stereocenters. The molecule has 1 saturated heterocycles. The first-order chi connectivity index (χ1) is 13.7. The number of nitrogens with one attached hydrogen (secondary N) is 2. The van der Waals surface area contributed by atoms with Crippen molar-refractivity contribution in [2.45, 2.75) is 35.4 Å². The van der Waals surface area contributed by atoms with Gasteiger partial charge in [0.1, 0.15) is 0 Å². The van der Waals surface area contributed by atoms with Crippen molar-refractivity contribution >= 4 is 29.3 Å². The minimum atomic E-state index is -0.392. The zero-order valence-corrected chi connectivity index (χ0v) is 16.6. The number of thioether (sulfide) groups is 1. The average Bonchev–Trinajstić information content (AvgIpc) is 3.24. The SMILES string of the molecule is O=C(CC1Sc2ccccc2NC1=O)NCC(c1ccccc1)N1CCCC1. The third-order valence-corrected chi connectivity index (χ3v) is 6.61. The van der Waals surface area contributed by atoms with Gasteiger partial charge in [0.15, 0.2) is 0 Å². The van der Waals surface area contributed by atoms with Crippen molar-refractivity contribution in [3.63, 3.8) is 0 Å². The highest BCUT2D eigenvalue weighted by Crippen LogP contribution is 2.36. The predicted molar refractivity (Wildman–Crippen MR) is 112 cm³/mol. The predicted octanol–water partition coefficient (Wildman–Crippen LogP) is 3.44. The molecule has 0 spiro atoms. The van der Waals surface area contributed by atoms with Crippen molar-refractivity contribution in [1.29, 1.82) is 0 Å². The van der Waals surface area contributed by atoms with Gasteiger partial charge in [-0.3, -0.25) is 14.5 Å². The van der Waals surface area contributed by atoms with E-state index in [0.717, 1.165) is 23.7 Å². The van der Waals surface area contributed by atoms with Crippen LogP contribution in [0.2, 0.25) is 0 Å². The van der Waals surface area contributed by atoms with Crippen LogP contribution >= 0.6 is 11.8 Å². The van der Waals surface area contributed by atoms with Crippen molar-refractivity contribution in [2.24, 2.45) is 0 Å². The van der Waals surface area contributed by atoms with Gasteiger partial charge in [-0.15, -0.1) is 11.8 Å². The number of hydrogen-bond acceptors (Lipinski definition) is 4. The largest absolute Gasteiger partial charge is 0.354 e. The molecule has 6 heteroatoms. The number of anilines is 1. The molecule has 0 aliphatic carbocycles. The molecule has 0 saturated carbocycles. The van der Waals surface area contributed by atoms with Crippen LogP contribution in [0, 0.1) is 0 Å². The summed E-state index contributed by atoms with van der Waals surface area (Å²) in [6.45, 7) is 2.69. The molecule has 146 valence electrons. The van der Waals surface area contributed by atoms with Crippen molar-refractivity contribution in [2.75, 3.05) is 25.0 Å². The number of likely N-dealkylation sites (tertiary alicyclic amines) is 1. The van der Waals surface area contributed by atoms with Gasteiger partial charge >= 0.3 is 0 Å². The first-order valence-corrected chi connectivity index (χ1v) is 10.7. The molecule has 0 bridgehead atoms. The summed E-state index contributed by atoms with van der Waals surface area (Å²) in [6, 6.07) is 18.2. The maximum absolute atomic E-state index is 12.6. The minimum absolute atomic E-state index is 0.0767. The number of fused-ring (bicyclic) bond motifs is 1. The van der Waals surface area contributed by atoms with Gasteiger partial charge in [0.2, 0.25) is 11.8 Å². The molecular formula is C22H25N3O2S. The van der Waals surface area contributed by atoms with Crippen molar-refractivity contribution in [3.8, 4) is 0 Å². The number of para-hydroxylation sites is 1. The number of rotatable bonds is 6. The molecule has 2 atom stereocenters. The molecule has 2 aliphatic heterocycles. The Bertz CT molecular complexity index is 837. The molecule has 4 rings (SSSR count). The number of carbonyl (C=O) groups excluding carboxylic acids is 2. The van der Waals surface area contributed by atoms with E-state index in [2.05, 4.69) is 27.7 Å². The molecule has 28 heavy (non-hydrogen) atoms. The van der Waals surface area contributed by atoms with E-state index in [4.69, 9.17) is 0 Å². The summed E-state index contributed by atoms with van der Waals surface area (Å²) in [5, 5.41) is 5.59. The summed E-state index contributed by atoms with van der Waals surface area (Å²) in [5.41, 5.74) is 2.05. The molecular weight excluding hydrogens is 370 g/mol. The van der Waals surface area contributed by atoms with E-state index in [0.29, 0.717) is 6.54 Å². The lowest BCUT2D eigenvalue weighted by Crippen LogP contribution is -2.39. The van der Waals surface area contributed by atoms with E-state index in [1.54, 1.807) is 0 Å². The quantitative estimate of drug-likeness (QED) is 0.787. The highest BCUT2D eigenvalue weighted by Gasteiger charge is 2.29. The van der Waals surface area contributed by atoms with Crippen molar-refractivity contribution in [3.05, 3.63) is 60.2 Å². The fourth-order valence-electron chi connectivity index (χ4n) is 3.86. The van der Waals surface area contributed by atoms with E-state index in [9.17, 15) is 9.59 Å². The lowest BCUT2D eigenvalue weighted by molar-refractivity contribution is -0.124. The number of carbonyl (C=O) groups is 2. The summed E-state index contributed by atoms with van der Waals surface area (Å²) in [6.07, 6.45) is 2.59. The minimum Gasteiger partial charge on any atom is -0.354 e. The normalized spacial score (nSPS) is 20.3. The first kappa shape index (κ1) is 19.0. The van der Waals surface area contributed by atoms with E-state index in [1.807, 2.05) is 42.5 Å². The van der Waals surface area contributed by atoms with E-state index in [-0.39, 0.29) is 24.3 Å². The van der Waals surface area contributed by atoms with Crippen LogP contribution in [0.15, 0.2) is 59.5 Å². The second-order valence-corrected chi connectivity index (χ2v) is 8.51. The van der Waals surface area contributed by atoms with Gasteiger partial charge < -0.3 is 10.6 Å². The van der Waals surface area contributed by atoms with Crippen LogP contribution in [0.4, 0.5) is 5.69 Å². The highest BCUT2D eigenvalue weighted by atomic mass is 32.2. The zero-order chi connectivity index (χ0) is 19.3. The monoisotopic (exact) mass is 395 g/mol. The van der Waals surface area contributed by atoms with Gasteiger partial charge in [0.25, 0.3) is 0 Å². The fraction of sp³-hybridized carbons (Fsp3) is 0.364. The molecule has 2 aromatic carbocycles. The van der Waals surface area contributed by atoms with Crippen LogP contribution in [0.1, 0.15) is 30.9 Å². The maximum Gasteiger partial charge on any atom is 0.238 e. The fourth-order valence-corrected chi connectivity index (χ4v) is 4.97. The number of benzene rings is 2. The van der Waals surface area contributed by atoms with Gasteiger partial charge in [-0.25, -0.2) is 0 Å². The molecule has 1 fully saturated rings. The zero-order valence-electron chi connectivity index (χ0n) is 15.8. The number of nitrogens with zero attached hydrogens (tertiary/aromatic N) is 1. The van der Waals surface area contributed by atoms with Gasteiger partial charge in [-0.1, -0.05) is 42.5 Å². The summed E-state index contributed by atoms with van der Waals surface area (Å²) in [7, 11) is 0. The van der Waals surface area contributed by atoms with E-state index in [1.165, 1.54) is 30.2 Å². The molecule has 2 aromatic rings. The lowest BCUT2D eigenvalue weighted by atomic mass is 10.1. The van der Waals surface area contributed by atoms with Crippen LogP contribution in [0.25, 0.3) is 0 Å². The summed E-state index contributed by atoms with van der Waals surface area (Å²) >= 11 is 1.47. The third kappa shape index (κ3) is 4.39. The summed E-state index contributed by atoms with van der Waals surface area (Å²) in [4.78, 5) is 28.4. The first-order valence-electron chi connectivity index (χ1n) is 9.83. The number of hydrogen-bond donors (Lipinski definition) is 2. The smallest absolute Gasteiger partial charge is 0.238 e. The van der Waals surface area contributed by atoms with E-state index < -0.39 is 5.25 Å². The topological polar surface area (TPSA) is 61.4 Å². The van der Waals surface area contributed by atoms with Crippen LogP contribution in [0.5, 0.6) is 0 Å². The molecule has 2 amide bonds. The number of amides is 2. The molecule has 5 nitrogen and oxygen atoms in total. The van der Waals surface area contributed by atoms with Crippen LogP contribution in [-0.2, 0) is 9.59 Å². The Hall–Kier alpha value is -2.31. The molecule has 2 N–H and O–H groups in total. The van der Waals surface area contributed by atoms with Gasteiger partial charge in [0.05, 0.1) is 17.0 Å². The maximum atomic E-state index is 12.6. The summed E-state index contributed by atoms with van der Waals surface area (Å²) in [5.74, 6) is -0.176. The Labute approximate surface area is 169 Å². The van der Waals surface area contributed by atoms with Gasteiger partial charge in [-0.05, 0) is 43.6 Å². The Balaban J connectivity index is 1.37. The van der Waals surface area contributed by atoms with Crippen molar-refractivity contribution < 1.29 is 9.59 Å². The lowest BCUT2D eigenvalue weighted by Gasteiger charge is -2.29.